The number of benzene rings is 3. The molecule has 0 saturated carbocycles. The van der Waals surface area contributed by atoms with E-state index in [1.54, 1.807) is 24.3 Å². The number of para-hydroxylation sites is 1. The number of rotatable bonds is 9. The summed E-state index contributed by atoms with van der Waals surface area (Å²) in [7, 11) is -2.34. The first-order valence-electron chi connectivity index (χ1n) is 9.79. The van der Waals surface area contributed by atoms with Gasteiger partial charge in [0.25, 0.3) is 15.9 Å². The van der Waals surface area contributed by atoms with Crippen molar-refractivity contribution in [2.24, 2.45) is 0 Å². The molecule has 0 aliphatic heterocycles. The largest absolute Gasteiger partial charge is 0.497 e. The fourth-order valence-corrected chi connectivity index (χ4v) is 4.30. The summed E-state index contributed by atoms with van der Waals surface area (Å²) in [4.78, 5) is 12.2. The number of nitrogens with one attached hydrogen (secondary N) is 2. The predicted octanol–water partition coefficient (Wildman–Crippen LogP) is 4.73. The van der Waals surface area contributed by atoms with E-state index >= 15 is 0 Å². The number of carbonyl (C=O) groups is 1. The lowest BCUT2D eigenvalue weighted by Gasteiger charge is -2.13. The highest BCUT2D eigenvalue weighted by Crippen LogP contribution is 2.28. The van der Waals surface area contributed by atoms with Crippen molar-refractivity contribution in [2.75, 3.05) is 23.8 Å². The summed E-state index contributed by atoms with van der Waals surface area (Å²) in [6, 6.07) is 18.0. The Morgan fingerprint density at radius 2 is 1.75 bits per heavy atom. The van der Waals surface area contributed by atoms with Crippen LogP contribution in [0, 0.1) is 0 Å². The lowest BCUT2D eigenvalue weighted by molar-refractivity contribution is -0.118. The maximum Gasteiger partial charge on any atom is 0.262 e. The van der Waals surface area contributed by atoms with Gasteiger partial charge < -0.3 is 14.8 Å². The molecule has 7 nitrogen and oxygen atoms in total. The number of hydrogen-bond acceptors (Lipinski definition) is 5. The van der Waals surface area contributed by atoms with Gasteiger partial charge in [-0.05, 0) is 60.5 Å². The van der Waals surface area contributed by atoms with Crippen LogP contribution in [0.4, 0.5) is 11.4 Å². The Morgan fingerprint density at radius 1 is 1.03 bits per heavy atom. The molecule has 0 spiro atoms. The van der Waals surface area contributed by atoms with E-state index in [2.05, 4.69) is 10.0 Å². The van der Waals surface area contributed by atoms with E-state index in [0.717, 1.165) is 17.7 Å². The van der Waals surface area contributed by atoms with Gasteiger partial charge in [0, 0.05) is 11.4 Å². The molecule has 0 aliphatic rings. The van der Waals surface area contributed by atoms with E-state index in [-0.39, 0.29) is 28.2 Å². The van der Waals surface area contributed by atoms with Gasteiger partial charge in [-0.15, -0.1) is 0 Å². The Morgan fingerprint density at radius 3 is 2.41 bits per heavy atom. The van der Waals surface area contributed by atoms with Crippen LogP contribution in [0.5, 0.6) is 11.5 Å². The standard InChI is InChI=1S/C23H23ClN2O5S/c1-3-16-6-4-5-7-21(16)25-23(27)15-31-22-13-12-19(14-20(22)24)32(28,29)26-17-8-10-18(30-2)11-9-17/h4-14,26H,3,15H2,1-2H3,(H,25,27). The first-order valence-corrected chi connectivity index (χ1v) is 11.7. The third-order valence-corrected chi connectivity index (χ3v) is 6.26. The Balaban J connectivity index is 1.64. The van der Waals surface area contributed by atoms with Crippen LogP contribution in [0.25, 0.3) is 0 Å². The quantitative estimate of drug-likeness (QED) is 0.467. The van der Waals surface area contributed by atoms with Crippen molar-refractivity contribution in [3.05, 3.63) is 77.3 Å². The van der Waals surface area contributed by atoms with Crippen molar-refractivity contribution < 1.29 is 22.7 Å². The molecule has 3 aromatic carbocycles. The van der Waals surface area contributed by atoms with Gasteiger partial charge in [0.15, 0.2) is 6.61 Å². The first-order chi connectivity index (χ1) is 15.3. The second kappa shape index (κ2) is 10.4. The molecule has 3 rings (SSSR count). The average molecular weight is 475 g/mol. The highest BCUT2D eigenvalue weighted by atomic mass is 35.5. The SMILES string of the molecule is CCc1ccccc1NC(=O)COc1ccc(S(=O)(=O)Nc2ccc(OC)cc2)cc1Cl. The molecule has 32 heavy (non-hydrogen) atoms. The average Bonchev–Trinajstić information content (AvgIpc) is 2.79. The van der Waals surface area contributed by atoms with Crippen molar-refractivity contribution in [2.45, 2.75) is 18.2 Å². The van der Waals surface area contributed by atoms with Crippen LogP contribution in [0.15, 0.2) is 71.6 Å². The van der Waals surface area contributed by atoms with Gasteiger partial charge in [-0.3, -0.25) is 9.52 Å². The molecule has 0 aromatic heterocycles. The summed E-state index contributed by atoms with van der Waals surface area (Å²) in [5, 5.41) is 2.87. The fourth-order valence-electron chi connectivity index (χ4n) is 2.92. The Kier molecular flexibility index (Phi) is 7.61. The molecule has 0 fully saturated rings. The van der Waals surface area contributed by atoms with Crippen LogP contribution < -0.4 is 19.5 Å². The summed E-state index contributed by atoms with van der Waals surface area (Å²) >= 11 is 6.20. The van der Waals surface area contributed by atoms with Crippen molar-refractivity contribution in [3.8, 4) is 11.5 Å². The summed E-state index contributed by atoms with van der Waals surface area (Å²) in [5.41, 5.74) is 2.12. The second-order valence-electron chi connectivity index (χ2n) is 6.77. The molecule has 0 radical (unpaired) electrons. The Hall–Kier alpha value is -3.23. The maximum absolute atomic E-state index is 12.6. The number of methoxy groups -OCH3 is 1. The van der Waals surface area contributed by atoms with Gasteiger partial charge in [0.05, 0.1) is 17.0 Å². The van der Waals surface area contributed by atoms with Crippen LogP contribution in [0.1, 0.15) is 12.5 Å². The summed E-state index contributed by atoms with van der Waals surface area (Å²) < 4.78 is 38.3. The minimum atomic E-state index is -3.86. The zero-order valence-electron chi connectivity index (χ0n) is 17.6. The van der Waals surface area contributed by atoms with E-state index in [1.165, 1.54) is 25.3 Å². The smallest absolute Gasteiger partial charge is 0.262 e. The number of ether oxygens (including phenoxy) is 2. The molecule has 0 atom stereocenters. The van der Waals surface area contributed by atoms with Gasteiger partial charge >= 0.3 is 0 Å². The van der Waals surface area contributed by atoms with Crippen LogP contribution in [0.2, 0.25) is 5.02 Å². The number of hydrogen-bond donors (Lipinski definition) is 2. The van der Waals surface area contributed by atoms with Crippen LogP contribution in [0.3, 0.4) is 0 Å². The third-order valence-electron chi connectivity index (χ3n) is 4.59. The summed E-state index contributed by atoms with van der Waals surface area (Å²) in [6.45, 7) is 1.73. The van der Waals surface area contributed by atoms with Gasteiger partial charge in [-0.25, -0.2) is 8.42 Å². The number of aryl methyl sites for hydroxylation is 1. The Labute approximate surface area is 192 Å². The number of carbonyl (C=O) groups excluding carboxylic acids is 1. The van der Waals surface area contributed by atoms with Gasteiger partial charge in [0.2, 0.25) is 0 Å². The van der Waals surface area contributed by atoms with E-state index in [9.17, 15) is 13.2 Å². The van der Waals surface area contributed by atoms with Crippen molar-refractivity contribution in [1.29, 1.82) is 0 Å². The highest BCUT2D eigenvalue weighted by molar-refractivity contribution is 7.92. The Bertz CT molecular complexity index is 1200. The van der Waals surface area contributed by atoms with E-state index < -0.39 is 10.0 Å². The summed E-state index contributed by atoms with van der Waals surface area (Å²) in [6.07, 6.45) is 0.781. The number of anilines is 2. The normalized spacial score (nSPS) is 11.0. The second-order valence-corrected chi connectivity index (χ2v) is 8.86. The lowest BCUT2D eigenvalue weighted by Crippen LogP contribution is -2.21. The van der Waals surface area contributed by atoms with Crippen molar-refractivity contribution in [3.63, 3.8) is 0 Å². The van der Waals surface area contributed by atoms with Gasteiger partial charge in [-0.1, -0.05) is 36.7 Å². The predicted molar refractivity (Wildman–Crippen MR) is 125 cm³/mol. The molecule has 2 N–H and O–H groups in total. The zero-order chi connectivity index (χ0) is 23.1. The third kappa shape index (κ3) is 5.93. The van der Waals surface area contributed by atoms with E-state index in [4.69, 9.17) is 21.1 Å². The molecule has 0 saturated heterocycles. The molecule has 0 heterocycles. The van der Waals surface area contributed by atoms with Crippen LogP contribution in [-0.4, -0.2) is 28.0 Å². The van der Waals surface area contributed by atoms with E-state index in [0.29, 0.717) is 11.4 Å². The number of halogens is 1. The monoisotopic (exact) mass is 474 g/mol. The molecule has 1 amide bonds. The maximum atomic E-state index is 12.6. The molecule has 9 heteroatoms. The molecule has 168 valence electrons. The molecular weight excluding hydrogens is 452 g/mol. The molecule has 3 aromatic rings. The van der Waals surface area contributed by atoms with E-state index in [1.807, 2.05) is 31.2 Å². The van der Waals surface area contributed by atoms with Crippen molar-refractivity contribution in [1.82, 2.24) is 0 Å². The lowest BCUT2D eigenvalue weighted by atomic mass is 10.1. The van der Waals surface area contributed by atoms with Gasteiger partial charge in [0.1, 0.15) is 11.5 Å². The van der Waals surface area contributed by atoms with Gasteiger partial charge in [-0.2, -0.15) is 0 Å². The fraction of sp³-hybridized carbons (Fsp3) is 0.174. The highest BCUT2D eigenvalue weighted by Gasteiger charge is 2.17. The van der Waals surface area contributed by atoms with Crippen molar-refractivity contribution >= 4 is 38.9 Å². The molecule has 0 unspecified atom stereocenters. The minimum absolute atomic E-state index is 0.0352. The topological polar surface area (TPSA) is 93.7 Å². The van der Waals surface area contributed by atoms with Crippen LogP contribution in [-0.2, 0) is 21.2 Å². The minimum Gasteiger partial charge on any atom is -0.497 e. The number of amides is 1. The molecular formula is C23H23ClN2O5S. The summed E-state index contributed by atoms with van der Waals surface area (Å²) in [5.74, 6) is 0.466. The molecule has 0 bridgehead atoms. The molecule has 0 aliphatic carbocycles. The number of sulfonamides is 1. The zero-order valence-corrected chi connectivity index (χ0v) is 19.2. The first kappa shape index (κ1) is 23.4. The van der Waals surface area contributed by atoms with Crippen LogP contribution >= 0.6 is 11.6 Å².